The third-order valence-electron chi connectivity index (χ3n) is 10.3. The monoisotopic (exact) mass is 389 g/mol. The molecule has 0 amide bonds. The smallest absolute Gasteiger partial charge is 0.0577 e. The Bertz CT molecular complexity index is 591. The largest absolute Gasteiger partial charge is 0.393 e. The van der Waals surface area contributed by atoms with Crippen LogP contribution in [0.25, 0.3) is 0 Å². The molecule has 0 aromatic carbocycles. The van der Waals surface area contributed by atoms with Gasteiger partial charge in [0.2, 0.25) is 0 Å². The number of fused-ring (bicyclic) bond motifs is 5. The SMILES string of the molecule is C[C@H](CCC[13CH]([13CH3])[13CH3])[C@H]1CC[C@H]2[C@@H]3CC=C4CC(O)CC[C@]4(C)[C@H]3CC[C@]12C. The van der Waals surface area contributed by atoms with Crippen molar-refractivity contribution in [1.29, 1.82) is 0 Å². The molecule has 3 fully saturated rings. The number of hydrogen-bond acceptors (Lipinski definition) is 1. The fourth-order valence-corrected chi connectivity index (χ4v) is 8.67. The fourth-order valence-electron chi connectivity index (χ4n) is 8.67. The quantitative estimate of drug-likeness (QED) is 0.384. The van der Waals surface area contributed by atoms with Gasteiger partial charge in [-0.3, -0.25) is 0 Å². The molecule has 8 atom stereocenters. The van der Waals surface area contributed by atoms with E-state index in [2.05, 4.69) is 40.7 Å². The van der Waals surface area contributed by atoms with Crippen LogP contribution in [0, 0.1) is 46.3 Å². The summed E-state index contributed by atoms with van der Waals surface area (Å²) in [7, 11) is 0. The van der Waals surface area contributed by atoms with Gasteiger partial charge in [0.15, 0.2) is 0 Å². The third kappa shape index (κ3) is 3.42. The Hall–Kier alpha value is -0.300. The summed E-state index contributed by atoms with van der Waals surface area (Å²) in [6.07, 6.45) is 17.2. The number of aliphatic hydroxyl groups is 1. The van der Waals surface area contributed by atoms with E-state index in [0.717, 1.165) is 48.3 Å². The van der Waals surface area contributed by atoms with E-state index >= 15 is 0 Å². The standard InChI is InChI=1S/C27H46O/c1-18(2)7-6-8-19(3)23-11-12-24-22-10-9-20-17-21(28)13-15-26(20,4)25(22)14-16-27(23,24)5/h9,18-19,21-25,28H,6-8,10-17H2,1-5H3/t19-,21?,22+,23-,24+,25+,26+,27-/m1/s1/i1+1,2+1,18+1. The van der Waals surface area contributed by atoms with Gasteiger partial charge in [-0.05, 0) is 97.7 Å². The predicted octanol–water partition coefficient (Wildman–Crippen LogP) is 7.39. The van der Waals surface area contributed by atoms with Gasteiger partial charge >= 0.3 is 0 Å². The molecule has 3 saturated carbocycles. The van der Waals surface area contributed by atoms with E-state index in [0.29, 0.717) is 10.8 Å². The van der Waals surface area contributed by atoms with E-state index < -0.39 is 0 Å². The molecule has 160 valence electrons. The normalized spacial score (nSPS) is 46.5. The van der Waals surface area contributed by atoms with Crippen LogP contribution < -0.4 is 0 Å². The maximum Gasteiger partial charge on any atom is 0.0577 e. The van der Waals surface area contributed by atoms with Gasteiger partial charge in [0.25, 0.3) is 0 Å². The Morgan fingerprint density at radius 2 is 1.79 bits per heavy atom. The molecule has 1 unspecified atom stereocenters. The molecule has 0 aliphatic heterocycles. The Balaban J connectivity index is 1.49. The first kappa shape index (κ1) is 21.0. The van der Waals surface area contributed by atoms with Crippen molar-refractivity contribution in [1.82, 2.24) is 0 Å². The van der Waals surface area contributed by atoms with Gasteiger partial charge in [0.1, 0.15) is 0 Å². The summed E-state index contributed by atoms with van der Waals surface area (Å²) in [5.74, 6) is 5.46. The molecule has 28 heavy (non-hydrogen) atoms. The summed E-state index contributed by atoms with van der Waals surface area (Å²) in [5.41, 5.74) is 2.60. The van der Waals surface area contributed by atoms with Crippen LogP contribution in [-0.2, 0) is 0 Å². The van der Waals surface area contributed by atoms with Crippen LogP contribution in [0.2, 0.25) is 0 Å². The average Bonchev–Trinajstić information content (AvgIpc) is 2.99. The van der Waals surface area contributed by atoms with Gasteiger partial charge in [0.05, 0.1) is 6.10 Å². The van der Waals surface area contributed by atoms with Crippen LogP contribution in [0.5, 0.6) is 0 Å². The molecule has 0 bridgehead atoms. The molecular formula is C27H46O. The Morgan fingerprint density at radius 1 is 1.00 bits per heavy atom. The summed E-state index contributed by atoms with van der Waals surface area (Å²) in [5, 5.41) is 10.2. The van der Waals surface area contributed by atoms with Crippen LogP contribution in [-0.4, -0.2) is 11.2 Å². The molecule has 1 nitrogen and oxygen atoms in total. The minimum atomic E-state index is -0.0766. The average molecular weight is 390 g/mol. The molecule has 0 heterocycles. The molecule has 0 aromatic rings. The zero-order valence-corrected chi connectivity index (χ0v) is 19.3. The van der Waals surface area contributed by atoms with Crippen molar-refractivity contribution in [2.45, 2.75) is 111 Å². The summed E-state index contributed by atoms with van der Waals surface area (Å²) < 4.78 is 0. The van der Waals surface area contributed by atoms with E-state index in [9.17, 15) is 5.11 Å². The zero-order valence-electron chi connectivity index (χ0n) is 19.3. The molecule has 0 aromatic heterocycles. The van der Waals surface area contributed by atoms with Crippen LogP contribution in [0.4, 0.5) is 0 Å². The van der Waals surface area contributed by atoms with Crippen molar-refractivity contribution < 1.29 is 5.11 Å². The molecule has 4 aliphatic carbocycles. The van der Waals surface area contributed by atoms with Crippen molar-refractivity contribution in [2.75, 3.05) is 0 Å². The van der Waals surface area contributed by atoms with Gasteiger partial charge in [-0.2, -0.15) is 0 Å². The molecule has 1 heteroatoms. The summed E-state index contributed by atoms with van der Waals surface area (Å²) >= 11 is 0. The highest BCUT2D eigenvalue weighted by atomic mass is 16.3. The van der Waals surface area contributed by atoms with Crippen LogP contribution in [0.3, 0.4) is 0 Å². The van der Waals surface area contributed by atoms with Gasteiger partial charge in [-0.1, -0.05) is 65.5 Å². The lowest BCUT2D eigenvalue weighted by molar-refractivity contribution is -0.0573. The predicted molar refractivity (Wildman–Crippen MR) is 119 cm³/mol. The Labute approximate surface area is 174 Å². The second-order valence-corrected chi connectivity index (χ2v) is 12.2. The summed E-state index contributed by atoms with van der Waals surface area (Å²) in [6.45, 7) is 12.6. The van der Waals surface area contributed by atoms with Crippen molar-refractivity contribution in [3.8, 4) is 0 Å². The lowest BCUT2D eigenvalue weighted by Crippen LogP contribution is -2.50. The van der Waals surface area contributed by atoms with Crippen molar-refractivity contribution in [2.24, 2.45) is 46.3 Å². The maximum atomic E-state index is 10.2. The van der Waals surface area contributed by atoms with E-state index in [1.54, 1.807) is 5.57 Å². The van der Waals surface area contributed by atoms with Gasteiger partial charge in [-0.15, -0.1) is 0 Å². The number of rotatable bonds is 5. The van der Waals surface area contributed by atoms with Gasteiger partial charge in [-0.25, -0.2) is 0 Å². The second-order valence-electron chi connectivity index (χ2n) is 12.2. The highest BCUT2D eigenvalue weighted by Crippen LogP contribution is 2.67. The van der Waals surface area contributed by atoms with E-state index in [-0.39, 0.29) is 6.10 Å². The zero-order chi connectivity index (χ0) is 20.1. The second kappa shape index (κ2) is 7.75. The molecule has 0 saturated heterocycles. The molecule has 4 aliphatic rings. The first-order valence-corrected chi connectivity index (χ1v) is 12.6. The van der Waals surface area contributed by atoms with E-state index in [1.807, 2.05) is 0 Å². The van der Waals surface area contributed by atoms with E-state index in [1.165, 1.54) is 57.8 Å². The summed E-state index contributed by atoms with van der Waals surface area (Å²) in [6, 6.07) is 0. The third-order valence-corrected chi connectivity index (χ3v) is 10.3. The highest BCUT2D eigenvalue weighted by Gasteiger charge is 2.59. The highest BCUT2D eigenvalue weighted by molar-refractivity contribution is 5.25. The first-order chi connectivity index (χ1) is 13.3. The van der Waals surface area contributed by atoms with Crippen LogP contribution in [0.15, 0.2) is 11.6 Å². The van der Waals surface area contributed by atoms with Crippen molar-refractivity contribution in [3.05, 3.63) is 11.6 Å². The number of allylic oxidation sites excluding steroid dienone is 1. The molecule has 0 spiro atoms. The Morgan fingerprint density at radius 3 is 2.54 bits per heavy atom. The topological polar surface area (TPSA) is 20.2 Å². The summed E-state index contributed by atoms with van der Waals surface area (Å²) in [4.78, 5) is 0. The van der Waals surface area contributed by atoms with Crippen LogP contribution >= 0.6 is 0 Å². The van der Waals surface area contributed by atoms with Gasteiger partial charge < -0.3 is 5.11 Å². The van der Waals surface area contributed by atoms with Crippen LogP contribution in [0.1, 0.15) is 105 Å². The maximum absolute atomic E-state index is 10.2. The molecular weight excluding hydrogens is 343 g/mol. The Kier molecular flexibility index (Phi) is 5.80. The fraction of sp³-hybridized carbons (Fsp3) is 0.926. The lowest BCUT2D eigenvalue weighted by atomic mass is 9.47. The molecule has 4 rings (SSSR count). The van der Waals surface area contributed by atoms with E-state index in [4.69, 9.17) is 0 Å². The molecule has 0 radical (unpaired) electrons. The minimum absolute atomic E-state index is 0.0766. The van der Waals surface area contributed by atoms with Crippen molar-refractivity contribution in [3.63, 3.8) is 0 Å². The lowest BCUT2D eigenvalue weighted by Gasteiger charge is -2.58. The number of hydrogen-bond donors (Lipinski definition) is 1. The van der Waals surface area contributed by atoms with Crippen molar-refractivity contribution >= 4 is 0 Å². The molecule has 1 N–H and O–H groups in total. The minimum Gasteiger partial charge on any atom is -0.393 e. The van der Waals surface area contributed by atoms with Gasteiger partial charge in [0, 0.05) is 0 Å². The first-order valence-electron chi connectivity index (χ1n) is 12.6. The number of aliphatic hydroxyl groups excluding tert-OH is 1.